The van der Waals surface area contributed by atoms with E-state index in [1.54, 1.807) is 29.8 Å². The van der Waals surface area contributed by atoms with Crippen LogP contribution in [0.1, 0.15) is 10.5 Å². The number of aromatic hydroxyl groups is 1. The van der Waals surface area contributed by atoms with Crippen molar-refractivity contribution in [1.29, 1.82) is 0 Å². The molecule has 0 spiro atoms. The average Bonchev–Trinajstić information content (AvgIpc) is 2.67. The van der Waals surface area contributed by atoms with Crippen LogP contribution in [0.3, 0.4) is 0 Å². The van der Waals surface area contributed by atoms with Gasteiger partial charge in [-0.25, -0.2) is 9.78 Å². The molecule has 2 N–H and O–H groups in total. The fraction of sp³-hybridized carbons (Fsp3) is 0.167. The van der Waals surface area contributed by atoms with Crippen molar-refractivity contribution in [2.24, 2.45) is 7.05 Å². The maximum absolute atomic E-state index is 11.2. The Bertz CT molecular complexity index is 607. The molecule has 0 aliphatic heterocycles. The normalized spacial score (nSPS) is 10.6. The highest BCUT2D eigenvalue weighted by Crippen LogP contribution is 2.33. The zero-order chi connectivity index (χ0) is 13.3. The number of carboxylic acids is 1. The molecule has 0 radical (unpaired) electrons. The molecule has 0 unspecified atom stereocenters. The summed E-state index contributed by atoms with van der Waals surface area (Å²) in [4.78, 5) is 15.3. The highest BCUT2D eigenvalue weighted by atomic mass is 32.2. The molecule has 0 aliphatic carbocycles. The number of aromatic carboxylic acids is 1. The van der Waals surface area contributed by atoms with Crippen molar-refractivity contribution in [3.8, 4) is 17.0 Å². The quantitative estimate of drug-likeness (QED) is 0.831. The molecule has 2 rings (SSSR count). The van der Waals surface area contributed by atoms with Crippen LogP contribution < -0.4 is 0 Å². The van der Waals surface area contributed by atoms with Gasteiger partial charge in [0.15, 0.2) is 10.9 Å². The number of benzene rings is 1. The fourth-order valence-corrected chi connectivity index (χ4v) is 2.34. The summed E-state index contributed by atoms with van der Waals surface area (Å²) < 4.78 is 1.67. The van der Waals surface area contributed by atoms with Gasteiger partial charge in [-0.2, -0.15) is 0 Å². The molecule has 2 aromatic rings. The highest BCUT2D eigenvalue weighted by Gasteiger charge is 2.22. The van der Waals surface area contributed by atoms with E-state index in [0.717, 1.165) is 0 Å². The molecule has 6 heteroatoms. The molecule has 1 heterocycles. The smallest absolute Gasteiger partial charge is 0.356 e. The fourth-order valence-electron chi connectivity index (χ4n) is 1.79. The van der Waals surface area contributed by atoms with Crippen molar-refractivity contribution in [2.45, 2.75) is 5.16 Å². The average molecular weight is 264 g/mol. The van der Waals surface area contributed by atoms with Gasteiger partial charge in [0, 0.05) is 12.6 Å². The zero-order valence-electron chi connectivity index (χ0n) is 9.91. The summed E-state index contributed by atoms with van der Waals surface area (Å²) in [6.07, 6.45) is 1.82. The summed E-state index contributed by atoms with van der Waals surface area (Å²) in [5.41, 5.74) is 0.818. The van der Waals surface area contributed by atoms with Crippen molar-refractivity contribution in [1.82, 2.24) is 9.55 Å². The Hall–Kier alpha value is -1.95. The lowest BCUT2D eigenvalue weighted by molar-refractivity contribution is 0.0691. The number of phenolic OH excluding ortho intramolecular Hbond substituents is 1. The molecule has 0 aliphatic rings. The summed E-state index contributed by atoms with van der Waals surface area (Å²) in [6, 6.07) is 6.62. The van der Waals surface area contributed by atoms with E-state index in [-0.39, 0.29) is 11.4 Å². The van der Waals surface area contributed by atoms with E-state index in [2.05, 4.69) is 4.98 Å². The Morgan fingerprint density at radius 1 is 1.39 bits per heavy atom. The summed E-state index contributed by atoms with van der Waals surface area (Å²) in [5.74, 6) is -1.07. The van der Waals surface area contributed by atoms with E-state index >= 15 is 0 Å². The Balaban J connectivity index is 2.74. The van der Waals surface area contributed by atoms with Crippen molar-refractivity contribution in [3.63, 3.8) is 0 Å². The molecule has 5 nitrogen and oxygen atoms in total. The van der Waals surface area contributed by atoms with E-state index in [1.165, 1.54) is 17.8 Å². The van der Waals surface area contributed by atoms with E-state index in [9.17, 15) is 15.0 Å². The third-order valence-corrected chi connectivity index (χ3v) is 3.33. The summed E-state index contributed by atoms with van der Waals surface area (Å²) in [6.45, 7) is 0. The Labute approximate surface area is 108 Å². The molecule has 1 aromatic heterocycles. The van der Waals surface area contributed by atoms with Crippen molar-refractivity contribution < 1.29 is 15.0 Å². The second kappa shape index (κ2) is 4.73. The van der Waals surface area contributed by atoms with Crippen molar-refractivity contribution in [2.75, 3.05) is 6.26 Å². The second-order valence-corrected chi connectivity index (χ2v) is 4.45. The molecular formula is C12H12N2O3S. The SMILES string of the molecule is CSc1nc(C(=O)O)c(-c2ccccc2O)n1C. The van der Waals surface area contributed by atoms with E-state index < -0.39 is 5.97 Å². The van der Waals surface area contributed by atoms with Gasteiger partial charge in [0.25, 0.3) is 0 Å². The zero-order valence-corrected chi connectivity index (χ0v) is 10.7. The number of carboxylic acid groups (broad SMARTS) is 1. The topological polar surface area (TPSA) is 75.3 Å². The first-order valence-corrected chi connectivity index (χ1v) is 6.41. The minimum Gasteiger partial charge on any atom is -0.507 e. The molecule has 0 bridgehead atoms. The standard InChI is InChI=1S/C12H12N2O3S/c1-14-10(7-5-3-4-6-8(7)15)9(11(16)17)13-12(14)18-2/h3-6,15H,1-2H3,(H,16,17). The molecule has 0 fully saturated rings. The molecule has 1 aromatic carbocycles. The first-order valence-electron chi connectivity index (χ1n) is 5.18. The highest BCUT2D eigenvalue weighted by molar-refractivity contribution is 7.98. The van der Waals surface area contributed by atoms with Gasteiger partial charge in [-0.3, -0.25) is 0 Å². The lowest BCUT2D eigenvalue weighted by Crippen LogP contribution is -2.01. The lowest BCUT2D eigenvalue weighted by Gasteiger charge is -2.07. The third kappa shape index (κ3) is 1.95. The Morgan fingerprint density at radius 2 is 2.06 bits per heavy atom. The second-order valence-electron chi connectivity index (χ2n) is 3.68. The Kier molecular flexibility index (Phi) is 3.29. The number of thioether (sulfide) groups is 1. The Morgan fingerprint density at radius 3 is 2.61 bits per heavy atom. The van der Waals surface area contributed by atoms with Crippen LogP contribution in [0.2, 0.25) is 0 Å². The van der Waals surface area contributed by atoms with Gasteiger partial charge in [0.05, 0.1) is 5.69 Å². The number of hydrogen-bond donors (Lipinski definition) is 2. The van der Waals surface area contributed by atoms with Crippen LogP contribution in [0, 0.1) is 0 Å². The molecule has 18 heavy (non-hydrogen) atoms. The predicted molar refractivity (Wildman–Crippen MR) is 69.0 cm³/mol. The molecule has 0 saturated carbocycles. The number of para-hydroxylation sites is 1. The van der Waals surface area contributed by atoms with Crippen LogP contribution in [0.15, 0.2) is 29.4 Å². The van der Waals surface area contributed by atoms with E-state index in [0.29, 0.717) is 16.4 Å². The number of phenols is 1. The van der Waals surface area contributed by atoms with Gasteiger partial charge >= 0.3 is 5.97 Å². The number of rotatable bonds is 3. The van der Waals surface area contributed by atoms with E-state index in [1.807, 2.05) is 6.26 Å². The minimum absolute atomic E-state index is 0.0376. The lowest BCUT2D eigenvalue weighted by atomic mass is 10.1. The molecule has 0 atom stereocenters. The van der Waals surface area contributed by atoms with Crippen LogP contribution in [0.5, 0.6) is 5.75 Å². The van der Waals surface area contributed by atoms with Gasteiger partial charge < -0.3 is 14.8 Å². The molecule has 94 valence electrons. The first kappa shape index (κ1) is 12.5. The van der Waals surface area contributed by atoms with Crippen LogP contribution in [0.4, 0.5) is 0 Å². The number of aromatic nitrogens is 2. The van der Waals surface area contributed by atoms with Crippen LogP contribution >= 0.6 is 11.8 Å². The number of hydrogen-bond acceptors (Lipinski definition) is 4. The number of imidazole rings is 1. The maximum Gasteiger partial charge on any atom is 0.356 e. The predicted octanol–water partition coefficient (Wildman–Crippen LogP) is 2.21. The van der Waals surface area contributed by atoms with Gasteiger partial charge in [0.2, 0.25) is 0 Å². The monoisotopic (exact) mass is 264 g/mol. The van der Waals surface area contributed by atoms with Gasteiger partial charge in [-0.1, -0.05) is 23.9 Å². The van der Waals surface area contributed by atoms with Crippen LogP contribution in [0.25, 0.3) is 11.3 Å². The summed E-state index contributed by atoms with van der Waals surface area (Å²) in [7, 11) is 1.73. The van der Waals surface area contributed by atoms with Crippen LogP contribution in [-0.2, 0) is 7.05 Å². The number of carbonyl (C=O) groups is 1. The molecule has 0 saturated heterocycles. The molecule has 0 amide bonds. The van der Waals surface area contributed by atoms with Crippen molar-refractivity contribution in [3.05, 3.63) is 30.0 Å². The largest absolute Gasteiger partial charge is 0.507 e. The minimum atomic E-state index is -1.11. The van der Waals surface area contributed by atoms with Gasteiger partial charge in [0.1, 0.15) is 5.75 Å². The molecular weight excluding hydrogens is 252 g/mol. The maximum atomic E-state index is 11.2. The van der Waals surface area contributed by atoms with Crippen molar-refractivity contribution >= 4 is 17.7 Å². The summed E-state index contributed by atoms with van der Waals surface area (Å²) >= 11 is 1.36. The summed E-state index contributed by atoms with van der Waals surface area (Å²) in [5, 5.41) is 19.6. The van der Waals surface area contributed by atoms with E-state index in [4.69, 9.17) is 0 Å². The third-order valence-electron chi connectivity index (χ3n) is 2.60. The van der Waals surface area contributed by atoms with Crippen LogP contribution in [-0.4, -0.2) is 32.0 Å². The van der Waals surface area contributed by atoms with Gasteiger partial charge in [-0.15, -0.1) is 0 Å². The first-order chi connectivity index (χ1) is 8.56. The number of nitrogens with zero attached hydrogens (tertiary/aromatic N) is 2. The van der Waals surface area contributed by atoms with Gasteiger partial charge in [-0.05, 0) is 18.4 Å².